The van der Waals surface area contributed by atoms with Gasteiger partial charge in [0.1, 0.15) is 0 Å². The summed E-state index contributed by atoms with van der Waals surface area (Å²) < 4.78 is 0. The fourth-order valence-corrected chi connectivity index (χ4v) is 1.59. The molecule has 19 heavy (non-hydrogen) atoms. The van der Waals surface area contributed by atoms with E-state index in [2.05, 4.69) is 10.6 Å². The van der Waals surface area contributed by atoms with E-state index >= 15 is 0 Å². The first-order chi connectivity index (χ1) is 8.61. The molecule has 0 saturated carbocycles. The van der Waals surface area contributed by atoms with Crippen molar-refractivity contribution in [1.82, 2.24) is 5.32 Å². The van der Waals surface area contributed by atoms with Crippen LogP contribution in [-0.2, 0) is 26.7 Å². The predicted molar refractivity (Wildman–Crippen MR) is 63.7 cm³/mol. The SMILES string of the molecule is O=C(O)C1CCCC[N-]1.O=C([O-])C1=CC=CCN1.[Cu+2]. The second kappa shape index (κ2) is 9.61. The van der Waals surface area contributed by atoms with Crippen LogP contribution in [0.4, 0.5) is 0 Å². The molecule has 1 radical (unpaired) electrons. The number of dihydropyridines is 1. The van der Waals surface area contributed by atoms with Crippen molar-refractivity contribution in [2.24, 2.45) is 0 Å². The van der Waals surface area contributed by atoms with Crippen molar-refractivity contribution in [2.45, 2.75) is 25.3 Å². The standard InChI is InChI=1S/C6H10NO2.C6H7NO2.Cu/c2*8-6(9)5-3-1-2-4-7-5;/h5H,1-4H2,(H,8,9);1-3,7H,4H2,(H,8,9);/q-1;;+2/p-1. The number of nitrogens with one attached hydrogen (secondary N) is 1. The topological polar surface area (TPSA) is 104 Å². The van der Waals surface area contributed by atoms with Crippen molar-refractivity contribution < 1.29 is 36.9 Å². The van der Waals surface area contributed by atoms with E-state index < -0.39 is 18.0 Å². The summed E-state index contributed by atoms with van der Waals surface area (Å²) in [6.45, 7) is 1.30. The molecule has 2 N–H and O–H groups in total. The van der Waals surface area contributed by atoms with Gasteiger partial charge in [0.15, 0.2) is 0 Å². The van der Waals surface area contributed by atoms with Crippen molar-refractivity contribution in [2.75, 3.05) is 13.1 Å². The Kier molecular flexibility index (Phi) is 8.95. The molecule has 0 amide bonds. The number of nitrogens with zero attached hydrogens (tertiary/aromatic N) is 1. The number of carboxylic acids is 2. The molecule has 109 valence electrons. The molecule has 0 aromatic rings. The summed E-state index contributed by atoms with van der Waals surface area (Å²) >= 11 is 0. The fraction of sp³-hybridized carbons (Fsp3) is 0.500. The van der Waals surface area contributed by atoms with Crippen LogP contribution in [0.2, 0.25) is 0 Å². The van der Waals surface area contributed by atoms with E-state index in [4.69, 9.17) is 5.11 Å². The van der Waals surface area contributed by atoms with Gasteiger partial charge in [0.25, 0.3) is 5.97 Å². The Bertz CT molecular complexity index is 363. The molecule has 2 heterocycles. The van der Waals surface area contributed by atoms with Gasteiger partial charge in [-0.05, 0) is 12.1 Å². The zero-order valence-electron chi connectivity index (χ0n) is 10.3. The van der Waals surface area contributed by atoms with Gasteiger partial charge in [0.05, 0.1) is 11.7 Å². The summed E-state index contributed by atoms with van der Waals surface area (Å²) in [6, 6.07) is -0.404. The van der Waals surface area contributed by atoms with E-state index in [-0.39, 0.29) is 22.8 Å². The third-order valence-electron chi connectivity index (χ3n) is 2.55. The molecule has 0 aromatic carbocycles. The van der Waals surface area contributed by atoms with Crippen LogP contribution >= 0.6 is 0 Å². The van der Waals surface area contributed by atoms with E-state index in [1.54, 1.807) is 6.08 Å². The molecule has 0 spiro atoms. The Labute approximate surface area is 122 Å². The van der Waals surface area contributed by atoms with E-state index in [1.165, 1.54) is 6.08 Å². The molecule has 2 aliphatic heterocycles. The first-order valence-electron chi connectivity index (χ1n) is 5.82. The Morgan fingerprint density at radius 2 is 2.16 bits per heavy atom. The fourth-order valence-electron chi connectivity index (χ4n) is 1.59. The number of aliphatic carboxylic acids is 2. The number of piperidine rings is 1. The average Bonchev–Trinajstić information content (AvgIpc) is 2.41. The van der Waals surface area contributed by atoms with Crippen LogP contribution in [0.15, 0.2) is 23.9 Å². The summed E-state index contributed by atoms with van der Waals surface area (Å²) in [7, 11) is 0. The number of carboxylic acid groups (broad SMARTS) is 2. The maximum absolute atomic E-state index is 10.3. The quantitative estimate of drug-likeness (QED) is 0.685. The molecule has 6 nitrogen and oxygen atoms in total. The minimum atomic E-state index is -1.15. The second-order valence-electron chi connectivity index (χ2n) is 3.93. The number of rotatable bonds is 2. The van der Waals surface area contributed by atoms with Gasteiger partial charge < -0.3 is 25.6 Å². The largest absolute Gasteiger partial charge is 2.00 e. The van der Waals surface area contributed by atoms with Crippen molar-refractivity contribution in [1.29, 1.82) is 0 Å². The minimum Gasteiger partial charge on any atom is -0.650 e. The summed E-state index contributed by atoms with van der Waals surface area (Å²) in [6.07, 6.45) is 7.78. The third kappa shape index (κ3) is 7.00. The normalized spacial score (nSPS) is 20.8. The van der Waals surface area contributed by atoms with Crippen LogP contribution in [0.1, 0.15) is 19.3 Å². The molecule has 0 aromatic heterocycles. The van der Waals surface area contributed by atoms with E-state index in [1.807, 2.05) is 6.08 Å². The van der Waals surface area contributed by atoms with Crippen LogP contribution in [-0.4, -0.2) is 36.2 Å². The summed E-state index contributed by atoms with van der Waals surface area (Å²) in [5.74, 6) is -1.92. The van der Waals surface area contributed by atoms with Gasteiger partial charge in [0, 0.05) is 6.54 Å². The van der Waals surface area contributed by atoms with Gasteiger partial charge in [-0.3, -0.25) is 4.79 Å². The Morgan fingerprint density at radius 3 is 2.47 bits per heavy atom. The van der Waals surface area contributed by atoms with Gasteiger partial charge in [0.2, 0.25) is 0 Å². The van der Waals surface area contributed by atoms with Crippen molar-refractivity contribution in [3.05, 3.63) is 29.2 Å². The smallest absolute Gasteiger partial charge is 0.650 e. The molecule has 1 unspecified atom stereocenters. The number of hydrogen-bond donors (Lipinski definition) is 2. The molecule has 0 aliphatic carbocycles. The maximum atomic E-state index is 10.3. The summed E-state index contributed by atoms with van der Waals surface area (Å²) in [4.78, 5) is 20.3. The molecular formula is C12H16CuN2O4. The monoisotopic (exact) mass is 315 g/mol. The first-order valence-corrected chi connectivity index (χ1v) is 5.82. The van der Waals surface area contributed by atoms with Gasteiger partial charge in [-0.2, -0.15) is 0 Å². The van der Waals surface area contributed by atoms with Gasteiger partial charge in [-0.15, -0.1) is 6.54 Å². The summed E-state index contributed by atoms with van der Waals surface area (Å²) in [5, 5.41) is 25.1. The van der Waals surface area contributed by atoms with Gasteiger partial charge in [-0.1, -0.05) is 31.4 Å². The molecule has 2 aliphatic rings. The summed E-state index contributed by atoms with van der Waals surface area (Å²) in [5.41, 5.74) is 0.150. The first kappa shape index (κ1) is 17.7. The molecule has 1 atom stereocenters. The number of carbonyl (C=O) groups excluding carboxylic acids is 1. The van der Waals surface area contributed by atoms with E-state index in [0.29, 0.717) is 6.54 Å². The second-order valence-corrected chi connectivity index (χ2v) is 3.93. The van der Waals surface area contributed by atoms with Crippen molar-refractivity contribution in [3.8, 4) is 0 Å². The molecule has 1 fully saturated rings. The molecular weight excluding hydrogens is 300 g/mol. The number of allylic oxidation sites excluding steroid dienone is 2. The number of hydrogen-bond acceptors (Lipinski definition) is 4. The molecule has 1 saturated heterocycles. The van der Waals surface area contributed by atoms with Gasteiger partial charge >= 0.3 is 17.1 Å². The Hall–Kier alpha value is -1.30. The minimum absolute atomic E-state index is 0. The van der Waals surface area contributed by atoms with Crippen LogP contribution in [0.25, 0.3) is 5.32 Å². The zero-order valence-corrected chi connectivity index (χ0v) is 11.2. The van der Waals surface area contributed by atoms with Crippen LogP contribution in [0, 0.1) is 0 Å². The molecule has 7 heteroatoms. The zero-order chi connectivity index (χ0) is 13.4. The van der Waals surface area contributed by atoms with E-state index in [0.717, 1.165) is 25.8 Å². The van der Waals surface area contributed by atoms with Crippen molar-refractivity contribution in [3.63, 3.8) is 0 Å². The number of carbonyl (C=O) groups is 2. The third-order valence-corrected chi connectivity index (χ3v) is 2.55. The van der Waals surface area contributed by atoms with Gasteiger partial charge in [-0.25, -0.2) is 0 Å². The van der Waals surface area contributed by atoms with Crippen molar-refractivity contribution >= 4 is 11.9 Å². The van der Waals surface area contributed by atoms with Crippen LogP contribution < -0.4 is 10.4 Å². The van der Waals surface area contributed by atoms with Crippen LogP contribution in [0.3, 0.4) is 0 Å². The molecule has 2 rings (SSSR count). The average molecular weight is 316 g/mol. The Balaban J connectivity index is 0.000000324. The predicted octanol–water partition coefficient (Wildman–Crippen LogP) is -0.226. The van der Waals surface area contributed by atoms with Crippen LogP contribution in [0.5, 0.6) is 0 Å². The Morgan fingerprint density at radius 1 is 1.42 bits per heavy atom. The maximum Gasteiger partial charge on any atom is 2.00 e. The van der Waals surface area contributed by atoms with E-state index in [9.17, 15) is 14.7 Å². The molecule has 0 bridgehead atoms.